The van der Waals surface area contributed by atoms with E-state index in [2.05, 4.69) is 5.10 Å². The van der Waals surface area contributed by atoms with Crippen molar-refractivity contribution in [1.29, 1.82) is 0 Å². The lowest BCUT2D eigenvalue weighted by atomic mass is 10.2. The Bertz CT molecular complexity index is 1010. The quantitative estimate of drug-likeness (QED) is 0.418. The molecule has 27 heavy (non-hydrogen) atoms. The Morgan fingerprint density at radius 3 is 2.19 bits per heavy atom. The second kappa shape index (κ2) is 6.86. The van der Waals surface area contributed by atoms with Crippen LogP contribution >= 0.6 is 0 Å². The van der Waals surface area contributed by atoms with E-state index in [9.17, 15) is 26.7 Å². The molecule has 0 aliphatic heterocycles. The van der Waals surface area contributed by atoms with E-state index in [0.29, 0.717) is 5.76 Å². The fourth-order valence-corrected chi connectivity index (χ4v) is 2.46. The smallest absolute Gasteiger partial charge is 0.291 e. The molecule has 5 nitrogen and oxygen atoms in total. The number of amides is 1. The molecule has 1 N–H and O–H groups in total. The van der Waals surface area contributed by atoms with E-state index in [1.165, 1.54) is 12.1 Å². The molecule has 0 saturated carbocycles. The van der Waals surface area contributed by atoms with Crippen molar-refractivity contribution in [1.82, 2.24) is 9.78 Å². The summed E-state index contributed by atoms with van der Waals surface area (Å²) in [5.41, 5.74) is 0.174. The van der Waals surface area contributed by atoms with E-state index in [-0.39, 0.29) is 12.3 Å². The summed E-state index contributed by atoms with van der Waals surface area (Å²) < 4.78 is 73.6. The number of furan rings is 1. The number of nitrogens with zero attached hydrogens (tertiary/aromatic N) is 2. The number of halogens is 5. The largest absolute Gasteiger partial charge is 0.454 e. The molecule has 0 fully saturated rings. The highest BCUT2D eigenvalue weighted by molar-refractivity contribution is 6.02. The minimum Gasteiger partial charge on any atom is -0.454 e. The highest BCUT2D eigenvalue weighted by atomic mass is 19.2. The first-order chi connectivity index (χ1) is 12.7. The van der Waals surface area contributed by atoms with Gasteiger partial charge in [0.1, 0.15) is 11.4 Å². The molecular weight excluding hydrogens is 373 g/mol. The summed E-state index contributed by atoms with van der Waals surface area (Å²) in [4.78, 5) is 12.1. The summed E-state index contributed by atoms with van der Waals surface area (Å²) in [6, 6.07) is 4.48. The number of nitrogens with one attached hydrogen (secondary N) is 1. The zero-order valence-corrected chi connectivity index (χ0v) is 14.0. The summed E-state index contributed by atoms with van der Waals surface area (Å²) in [5.74, 6) is -12.1. The molecule has 1 aromatic carbocycles. The number of rotatable bonds is 4. The van der Waals surface area contributed by atoms with Crippen LogP contribution in [0, 0.1) is 42.9 Å². The summed E-state index contributed by atoms with van der Waals surface area (Å²) in [6.45, 7) is 3.81. The molecule has 0 radical (unpaired) electrons. The average Bonchev–Trinajstić information content (AvgIpc) is 3.21. The first-order valence-electron chi connectivity index (χ1n) is 7.61. The molecule has 0 saturated heterocycles. The monoisotopic (exact) mass is 385 g/mol. The Hall–Kier alpha value is -3.17. The third kappa shape index (κ3) is 3.42. The van der Waals surface area contributed by atoms with Crippen LogP contribution in [0.2, 0.25) is 0 Å². The molecule has 142 valence electrons. The van der Waals surface area contributed by atoms with Gasteiger partial charge in [0.2, 0.25) is 5.82 Å². The Kier molecular flexibility index (Phi) is 4.73. The maximum Gasteiger partial charge on any atom is 0.291 e. The van der Waals surface area contributed by atoms with Gasteiger partial charge in [-0.15, -0.1) is 0 Å². The van der Waals surface area contributed by atoms with Gasteiger partial charge in [-0.25, -0.2) is 22.0 Å². The predicted molar refractivity (Wildman–Crippen MR) is 83.7 cm³/mol. The normalized spacial score (nSPS) is 11.1. The minimum absolute atomic E-state index is 0.190. The molecule has 0 atom stereocenters. The second-order valence-corrected chi connectivity index (χ2v) is 5.75. The van der Waals surface area contributed by atoms with Crippen LogP contribution in [0.3, 0.4) is 0 Å². The Morgan fingerprint density at radius 2 is 1.63 bits per heavy atom. The molecule has 0 bridgehead atoms. The zero-order chi connectivity index (χ0) is 19.9. The van der Waals surface area contributed by atoms with Crippen LogP contribution in [0.25, 0.3) is 0 Å². The van der Waals surface area contributed by atoms with E-state index < -0.39 is 40.7 Å². The minimum atomic E-state index is -2.31. The Morgan fingerprint density at radius 1 is 1.04 bits per heavy atom. The van der Waals surface area contributed by atoms with Gasteiger partial charge in [-0.3, -0.25) is 9.48 Å². The van der Waals surface area contributed by atoms with Crippen LogP contribution in [0.4, 0.5) is 27.6 Å². The van der Waals surface area contributed by atoms with Crippen molar-refractivity contribution in [3.8, 4) is 0 Å². The maximum atomic E-state index is 13.6. The fourth-order valence-electron chi connectivity index (χ4n) is 2.46. The van der Waals surface area contributed by atoms with Gasteiger partial charge >= 0.3 is 0 Å². The van der Waals surface area contributed by atoms with Gasteiger partial charge in [-0.05, 0) is 32.0 Å². The Balaban J connectivity index is 1.82. The number of hydrogen-bond donors (Lipinski definition) is 1. The van der Waals surface area contributed by atoms with Crippen molar-refractivity contribution >= 4 is 11.6 Å². The summed E-state index contributed by atoms with van der Waals surface area (Å²) in [5, 5.41) is 5.86. The summed E-state index contributed by atoms with van der Waals surface area (Å²) in [7, 11) is 0. The van der Waals surface area contributed by atoms with Crippen molar-refractivity contribution in [3.05, 3.63) is 70.2 Å². The zero-order valence-electron chi connectivity index (χ0n) is 14.0. The fraction of sp³-hybridized carbons (Fsp3) is 0.176. The third-order valence-corrected chi connectivity index (χ3v) is 3.74. The van der Waals surface area contributed by atoms with Crippen molar-refractivity contribution in [2.45, 2.75) is 20.4 Å². The van der Waals surface area contributed by atoms with Crippen molar-refractivity contribution in [3.63, 3.8) is 0 Å². The standard InChI is InChI=1S/C17H12F5N3O2/c1-7-5-8(2)25(24-7)6-9-3-4-10(27-9)17(26)23-16-14(21)12(19)11(18)13(20)15(16)22/h3-5H,6H2,1-2H3,(H,23,26). The number of anilines is 1. The summed E-state index contributed by atoms with van der Waals surface area (Å²) in [6.07, 6.45) is 0. The molecule has 10 heteroatoms. The highest BCUT2D eigenvalue weighted by Crippen LogP contribution is 2.27. The van der Waals surface area contributed by atoms with E-state index >= 15 is 0 Å². The number of benzene rings is 1. The van der Waals surface area contributed by atoms with Crippen molar-refractivity contribution in [2.24, 2.45) is 0 Å². The van der Waals surface area contributed by atoms with Crippen molar-refractivity contribution < 1.29 is 31.2 Å². The molecule has 1 amide bonds. The molecule has 3 aromatic rings. The second-order valence-electron chi connectivity index (χ2n) is 5.75. The molecule has 3 rings (SSSR count). The van der Waals surface area contributed by atoms with E-state index in [4.69, 9.17) is 4.42 Å². The van der Waals surface area contributed by atoms with E-state index in [1.54, 1.807) is 16.9 Å². The SMILES string of the molecule is Cc1cc(C)n(Cc2ccc(C(=O)Nc3c(F)c(F)c(F)c(F)c3F)o2)n1. The van der Waals surface area contributed by atoms with E-state index in [0.717, 1.165) is 11.4 Å². The Labute approximate surface area is 149 Å². The average molecular weight is 385 g/mol. The van der Waals surface area contributed by atoms with Gasteiger partial charge in [-0.1, -0.05) is 0 Å². The molecule has 0 aliphatic carbocycles. The van der Waals surface area contributed by atoms with Crippen molar-refractivity contribution in [2.75, 3.05) is 5.32 Å². The maximum absolute atomic E-state index is 13.6. The lowest BCUT2D eigenvalue weighted by Gasteiger charge is -2.08. The molecule has 0 unspecified atom stereocenters. The molecular formula is C17H12F5N3O2. The van der Waals surface area contributed by atoms with Gasteiger partial charge in [-0.2, -0.15) is 5.10 Å². The lowest BCUT2D eigenvalue weighted by Crippen LogP contribution is -2.16. The summed E-state index contributed by atoms with van der Waals surface area (Å²) >= 11 is 0. The molecule has 2 aromatic heterocycles. The van der Waals surface area contributed by atoms with Gasteiger partial charge < -0.3 is 9.73 Å². The topological polar surface area (TPSA) is 60.1 Å². The van der Waals surface area contributed by atoms with Crippen LogP contribution in [0.1, 0.15) is 27.7 Å². The third-order valence-electron chi connectivity index (χ3n) is 3.74. The molecule has 0 spiro atoms. The number of hydrogen-bond acceptors (Lipinski definition) is 3. The van der Waals surface area contributed by atoms with Crippen LogP contribution in [-0.4, -0.2) is 15.7 Å². The van der Waals surface area contributed by atoms with Crippen LogP contribution < -0.4 is 5.32 Å². The number of aryl methyl sites for hydroxylation is 2. The molecule has 0 aliphatic rings. The van der Waals surface area contributed by atoms with Gasteiger partial charge in [0.05, 0.1) is 12.2 Å². The van der Waals surface area contributed by atoms with Gasteiger partial charge in [0.15, 0.2) is 29.0 Å². The first kappa shape index (κ1) is 18.6. The number of carbonyl (C=O) groups excluding carboxylic acids is 1. The number of aromatic nitrogens is 2. The molecule has 2 heterocycles. The van der Waals surface area contributed by atoms with Gasteiger partial charge in [0.25, 0.3) is 5.91 Å². The first-order valence-corrected chi connectivity index (χ1v) is 7.61. The predicted octanol–water partition coefficient (Wildman–Crippen LogP) is 4.09. The lowest BCUT2D eigenvalue weighted by molar-refractivity contribution is 0.0993. The van der Waals surface area contributed by atoms with E-state index in [1.807, 2.05) is 13.0 Å². The van der Waals surface area contributed by atoms with Gasteiger partial charge in [0, 0.05) is 5.69 Å². The van der Waals surface area contributed by atoms with Crippen LogP contribution in [-0.2, 0) is 6.54 Å². The van der Waals surface area contributed by atoms with Crippen LogP contribution in [0.15, 0.2) is 22.6 Å². The van der Waals surface area contributed by atoms with Crippen LogP contribution in [0.5, 0.6) is 0 Å². The number of carbonyl (C=O) groups is 1. The highest BCUT2D eigenvalue weighted by Gasteiger charge is 2.27.